The zero-order valence-corrected chi connectivity index (χ0v) is 7.55. The summed E-state index contributed by atoms with van der Waals surface area (Å²) in [6, 6.07) is 4.74. The molecule has 0 spiro atoms. The van der Waals surface area contributed by atoms with Gasteiger partial charge in [-0.05, 0) is 23.3 Å². The molecule has 1 rings (SSSR count). The Hall–Kier alpha value is -1.08. The molecule has 14 heavy (non-hydrogen) atoms. The van der Waals surface area contributed by atoms with E-state index in [0.717, 1.165) is 5.56 Å². The molecule has 0 saturated heterocycles. The van der Waals surface area contributed by atoms with E-state index in [-0.39, 0.29) is 12.4 Å². The van der Waals surface area contributed by atoms with Crippen LogP contribution in [0.5, 0.6) is 5.75 Å². The van der Waals surface area contributed by atoms with Crippen LogP contribution in [0.3, 0.4) is 0 Å². The van der Waals surface area contributed by atoms with E-state index >= 15 is 0 Å². The Bertz CT molecular complexity index is 305. The first-order chi connectivity index (χ1) is 6.67. The molecular weight excluding hydrogens is 185 g/mol. The Morgan fingerprint density at radius 2 is 2.00 bits per heavy atom. The molecule has 5 N–H and O–H groups in total. The first-order valence-electron chi connectivity index (χ1n) is 4.13. The highest BCUT2D eigenvalue weighted by Gasteiger charge is 2.12. The Labute approximate surface area is 81.9 Å². The van der Waals surface area contributed by atoms with Crippen molar-refractivity contribution < 1.29 is 19.8 Å². The van der Waals surface area contributed by atoms with Crippen LogP contribution in [0, 0.1) is 0 Å². The normalized spacial score (nSPS) is 10.0. The molecular formula is C8H12BNO4. The molecule has 0 fully saturated rings. The van der Waals surface area contributed by atoms with Crippen LogP contribution in [-0.4, -0.2) is 22.5 Å². The lowest BCUT2D eigenvalue weighted by Crippen LogP contribution is -2.20. The van der Waals surface area contributed by atoms with Crippen molar-refractivity contribution in [2.45, 2.75) is 13.2 Å². The van der Waals surface area contributed by atoms with E-state index in [1.54, 1.807) is 12.1 Å². The number of hydrogen-bond donors (Lipinski definition) is 4. The predicted octanol–water partition coefficient (Wildman–Crippen LogP) is -1.01. The molecule has 0 unspecified atom stereocenters. The Morgan fingerprint density at radius 3 is 2.50 bits per heavy atom. The van der Waals surface area contributed by atoms with E-state index < -0.39 is 7.32 Å². The number of nitrogens with two attached hydrogens (primary N) is 1. The average molecular weight is 197 g/mol. The lowest BCUT2D eigenvalue weighted by molar-refractivity contribution is 0.276. The van der Waals surface area contributed by atoms with Crippen LogP contribution in [0.2, 0.25) is 0 Å². The van der Waals surface area contributed by atoms with Crippen LogP contribution in [-0.2, 0) is 13.2 Å². The number of benzene rings is 1. The number of aliphatic hydroxyl groups excluding tert-OH is 1. The highest BCUT2D eigenvalue weighted by Crippen LogP contribution is 2.17. The molecule has 0 aliphatic rings. The van der Waals surface area contributed by atoms with Crippen LogP contribution < -0.4 is 10.4 Å². The minimum absolute atomic E-state index is 0.161. The van der Waals surface area contributed by atoms with Crippen LogP contribution in [0.15, 0.2) is 18.2 Å². The minimum Gasteiger partial charge on any atom is -0.512 e. The molecule has 0 saturated carbocycles. The van der Waals surface area contributed by atoms with Crippen LogP contribution in [0.1, 0.15) is 11.1 Å². The van der Waals surface area contributed by atoms with Gasteiger partial charge in [0.25, 0.3) is 0 Å². The second-order valence-electron chi connectivity index (χ2n) is 2.74. The van der Waals surface area contributed by atoms with Gasteiger partial charge in [-0.3, -0.25) is 0 Å². The summed E-state index contributed by atoms with van der Waals surface area (Å²) in [6.07, 6.45) is 0. The van der Waals surface area contributed by atoms with Crippen LogP contribution in [0.25, 0.3) is 0 Å². The van der Waals surface area contributed by atoms with E-state index in [2.05, 4.69) is 4.65 Å². The van der Waals surface area contributed by atoms with E-state index in [9.17, 15) is 0 Å². The molecule has 0 bridgehead atoms. The second-order valence-corrected chi connectivity index (χ2v) is 2.74. The molecule has 0 aromatic heterocycles. The van der Waals surface area contributed by atoms with Gasteiger partial charge in [0.15, 0.2) is 0 Å². The fraction of sp³-hybridized carbons (Fsp3) is 0.250. The predicted molar refractivity (Wildman–Crippen MR) is 51.1 cm³/mol. The van der Waals surface area contributed by atoms with Crippen molar-refractivity contribution in [3.63, 3.8) is 0 Å². The highest BCUT2D eigenvalue weighted by molar-refractivity contribution is 6.33. The lowest BCUT2D eigenvalue weighted by atomic mass is 10.1. The maximum Gasteiger partial charge on any atom is 0.707 e. The Balaban J connectivity index is 2.89. The third kappa shape index (κ3) is 2.71. The van der Waals surface area contributed by atoms with Gasteiger partial charge in [0.1, 0.15) is 5.75 Å². The summed E-state index contributed by atoms with van der Waals surface area (Å²) >= 11 is 0. The molecule has 0 heterocycles. The molecule has 1 aromatic rings. The third-order valence-electron chi connectivity index (χ3n) is 1.81. The number of hydrogen-bond acceptors (Lipinski definition) is 5. The summed E-state index contributed by atoms with van der Waals surface area (Å²) in [5, 5.41) is 26.1. The van der Waals surface area contributed by atoms with Gasteiger partial charge in [0.2, 0.25) is 0 Å². The summed E-state index contributed by atoms with van der Waals surface area (Å²) in [5.41, 5.74) is 6.84. The first-order valence-corrected chi connectivity index (χ1v) is 4.13. The third-order valence-corrected chi connectivity index (χ3v) is 1.81. The summed E-state index contributed by atoms with van der Waals surface area (Å²) in [6.45, 7) is 0.156. The lowest BCUT2D eigenvalue weighted by Gasteiger charge is -2.09. The summed E-state index contributed by atoms with van der Waals surface area (Å²) in [7, 11) is -1.86. The van der Waals surface area contributed by atoms with Gasteiger partial charge in [0.05, 0.1) is 6.61 Å². The van der Waals surface area contributed by atoms with Crippen LogP contribution >= 0.6 is 0 Å². The van der Waals surface area contributed by atoms with Gasteiger partial charge >= 0.3 is 7.32 Å². The van der Waals surface area contributed by atoms with E-state index in [1.165, 1.54) is 6.07 Å². The van der Waals surface area contributed by atoms with Crippen molar-refractivity contribution >= 4 is 7.32 Å². The summed E-state index contributed by atoms with van der Waals surface area (Å²) < 4.78 is 4.62. The molecule has 0 aliphatic carbocycles. The van der Waals surface area contributed by atoms with E-state index in [4.69, 9.17) is 20.9 Å². The van der Waals surface area contributed by atoms with E-state index in [0.29, 0.717) is 12.1 Å². The minimum atomic E-state index is -1.86. The maximum atomic E-state index is 8.97. The molecule has 1 aromatic carbocycles. The molecule has 0 atom stereocenters. The topological polar surface area (TPSA) is 95.9 Å². The number of rotatable bonds is 4. The van der Waals surface area contributed by atoms with Crippen molar-refractivity contribution in [1.82, 2.24) is 0 Å². The van der Waals surface area contributed by atoms with Crippen molar-refractivity contribution in [1.29, 1.82) is 0 Å². The monoisotopic (exact) mass is 197 g/mol. The second kappa shape index (κ2) is 4.97. The van der Waals surface area contributed by atoms with Crippen molar-refractivity contribution in [2.24, 2.45) is 5.73 Å². The molecule has 76 valence electrons. The molecule has 6 heteroatoms. The quantitative estimate of drug-likeness (QED) is 0.463. The maximum absolute atomic E-state index is 8.97. The molecule has 0 amide bonds. The highest BCUT2D eigenvalue weighted by atomic mass is 16.6. The Morgan fingerprint density at radius 1 is 1.29 bits per heavy atom. The van der Waals surface area contributed by atoms with Crippen molar-refractivity contribution in [3.05, 3.63) is 29.3 Å². The Kier molecular flexibility index (Phi) is 3.90. The molecule has 0 aliphatic heterocycles. The fourth-order valence-electron chi connectivity index (χ4n) is 1.14. The smallest absolute Gasteiger partial charge is 0.512 e. The van der Waals surface area contributed by atoms with Gasteiger partial charge in [-0.1, -0.05) is 6.07 Å². The molecule has 5 nitrogen and oxygen atoms in total. The van der Waals surface area contributed by atoms with Gasteiger partial charge < -0.3 is 25.5 Å². The van der Waals surface area contributed by atoms with Gasteiger partial charge in [0, 0.05) is 6.54 Å². The summed E-state index contributed by atoms with van der Waals surface area (Å²) in [5.74, 6) is 0.279. The zero-order chi connectivity index (χ0) is 10.6. The standard InChI is InChI=1S/C8H12BNO4/c10-4-6-1-2-8(14-9(12)13)3-7(6)5-11/h1-3,11-13H,4-5,10H2. The van der Waals surface area contributed by atoms with Gasteiger partial charge in [-0.25, -0.2) is 0 Å². The average Bonchev–Trinajstić information content (AvgIpc) is 2.16. The van der Waals surface area contributed by atoms with Crippen LogP contribution in [0.4, 0.5) is 0 Å². The van der Waals surface area contributed by atoms with Gasteiger partial charge in [-0.15, -0.1) is 0 Å². The fourth-order valence-corrected chi connectivity index (χ4v) is 1.14. The van der Waals surface area contributed by atoms with Crippen molar-refractivity contribution in [3.8, 4) is 5.75 Å². The molecule has 0 radical (unpaired) electrons. The van der Waals surface area contributed by atoms with E-state index in [1.807, 2.05) is 0 Å². The number of aliphatic hydroxyl groups is 1. The largest absolute Gasteiger partial charge is 0.707 e. The van der Waals surface area contributed by atoms with Gasteiger partial charge in [-0.2, -0.15) is 0 Å². The SMILES string of the molecule is NCc1ccc(OB(O)O)cc1CO. The first kappa shape index (κ1) is 11.0. The summed E-state index contributed by atoms with van der Waals surface area (Å²) in [4.78, 5) is 0. The zero-order valence-electron chi connectivity index (χ0n) is 7.55. The van der Waals surface area contributed by atoms with Crippen molar-refractivity contribution in [2.75, 3.05) is 0 Å².